The molecule has 0 bridgehead atoms. The van der Waals surface area contributed by atoms with Gasteiger partial charge in [-0.3, -0.25) is 4.79 Å². The highest BCUT2D eigenvalue weighted by Gasteiger charge is 2.19. The van der Waals surface area contributed by atoms with Crippen LogP contribution in [0.3, 0.4) is 0 Å². The van der Waals surface area contributed by atoms with E-state index < -0.39 is 5.82 Å². The fourth-order valence-corrected chi connectivity index (χ4v) is 3.25. The molecule has 7 heteroatoms. The van der Waals surface area contributed by atoms with Gasteiger partial charge < -0.3 is 14.6 Å². The van der Waals surface area contributed by atoms with Gasteiger partial charge >= 0.3 is 0 Å². The molecule has 2 heterocycles. The highest BCUT2D eigenvalue weighted by Crippen LogP contribution is 2.26. The zero-order chi connectivity index (χ0) is 17.1. The summed E-state index contributed by atoms with van der Waals surface area (Å²) in [6.07, 6.45) is 4.35. The van der Waals surface area contributed by atoms with E-state index in [1.54, 1.807) is 6.07 Å². The second kappa shape index (κ2) is 6.84. The highest BCUT2D eigenvalue weighted by molar-refractivity contribution is 7.16. The van der Waals surface area contributed by atoms with Crippen LogP contribution in [0.15, 0.2) is 42.7 Å². The van der Waals surface area contributed by atoms with E-state index in [2.05, 4.69) is 10.3 Å². The van der Waals surface area contributed by atoms with Crippen molar-refractivity contribution in [2.24, 2.45) is 0 Å². The SMILES string of the molecule is CCc1nc(-n2cccc2)sc1C(=O)Nc1ccc(OC)cc1F. The van der Waals surface area contributed by atoms with Gasteiger partial charge in [-0.1, -0.05) is 18.3 Å². The summed E-state index contributed by atoms with van der Waals surface area (Å²) in [5.74, 6) is -0.518. The Labute approximate surface area is 142 Å². The van der Waals surface area contributed by atoms with Gasteiger partial charge in [0.25, 0.3) is 5.91 Å². The average molecular weight is 345 g/mol. The van der Waals surface area contributed by atoms with Gasteiger partial charge in [0.2, 0.25) is 0 Å². The van der Waals surface area contributed by atoms with Gasteiger partial charge in [0, 0.05) is 18.5 Å². The Morgan fingerprint density at radius 2 is 2.12 bits per heavy atom. The number of anilines is 1. The Bertz CT molecular complexity index is 859. The van der Waals surface area contributed by atoms with Crippen LogP contribution in [0.1, 0.15) is 22.3 Å². The first-order valence-electron chi connectivity index (χ1n) is 7.40. The molecular formula is C17H16FN3O2S. The van der Waals surface area contributed by atoms with Crippen LogP contribution in [0.4, 0.5) is 10.1 Å². The molecular weight excluding hydrogens is 329 g/mol. The Balaban J connectivity index is 1.87. The minimum absolute atomic E-state index is 0.110. The summed E-state index contributed by atoms with van der Waals surface area (Å²) < 4.78 is 20.8. The summed E-state index contributed by atoms with van der Waals surface area (Å²) in [5, 5.41) is 3.31. The molecule has 0 spiro atoms. The second-order valence-corrected chi connectivity index (χ2v) is 5.99. The van der Waals surface area contributed by atoms with Gasteiger partial charge in [-0.25, -0.2) is 9.37 Å². The molecule has 2 aromatic heterocycles. The first kappa shape index (κ1) is 16.2. The normalized spacial score (nSPS) is 10.6. The number of aromatic nitrogens is 2. The molecule has 0 fully saturated rings. The summed E-state index contributed by atoms with van der Waals surface area (Å²) in [6, 6.07) is 8.08. The smallest absolute Gasteiger partial charge is 0.267 e. The lowest BCUT2D eigenvalue weighted by atomic mass is 10.2. The van der Waals surface area contributed by atoms with E-state index in [0.717, 1.165) is 0 Å². The van der Waals surface area contributed by atoms with Gasteiger partial charge in [0.05, 0.1) is 18.5 Å². The number of halogens is 1. The number of carbonyl (C=O) groups excluding carboxylic acids is 1. The number of hydrogen-bond acceptors (Lipinski definition) is 4. The van der Waals surface area contributed by atoms with E-state index in [1.807, 2.05) is 36.0 Å². The summed E-state index contributed by atoms with van der Waals surface area (Å²) in [6.45, 7) is 1.93. The lowest BCUT2D eigenvalue weighted by Gasteiger charge is -2.07. The monoisotopic (exact) mass is 345 g/mol. The molecule has 0 atom stereocenters. The minimum atomic E-state index is -0.545. The molecule has 0 aliphatic carbocycles. The van der Waals surface area contributed by atoms with Gasteiger partial charge in [-0.05, 0) is 30.7 Å². The largest absolute Gasteiger partial charge is 0.497 e. The van der Waals surface area contributed by atoms with E-state index >= 15 is 0 Å². The quantitative estimate of drug-likeness (QED) is 0.763. The number of ether oxygens (including phenoxy) is 1. The van der Waals surface area contributed by atoms with Crippen molar-refractivity contribution in [3.05, 3.63) is 59.1 Å². The van der Waals surface area contributed by atoms with Crippen LogP contribution in [0.2, 0.25) is 0 Å². The lowest BCUT2D eigenvalue weighted by molar-refractivity contribution is 0.102. The molecule has 0 saturated carbocycles. The summed E-state index contributed by atoms with van der Waals surface area (Å²) in [5.41, 5.74) is 0.800. The average Bonchev–Trinajstić information content (AvgIpc) is 3.25. The third kappa shape index (κ3) is 3.16. The van der Waals surface area contributed by atoms with E-state index in [1.165, 1.54) is 30.6 Å². The number of aryl methyl sites for hydroxylation is 1. The van der Waals surface area contributed by atoms with Crippen molar-refractivity contribution < 1.29 is 13.9 Å². The molecule has 0 radical (unpaired) electrons. The van der Waals surface area contributed by atoms with Gasteiger partial charge in [-0.15, -0.1) is 0 Å². The molecule has 124 valence electrons. The number of amides is 1. The van der Waals surface area contributed by atoms with Crippen molar-refractivity contribution in [1.82, 2.24) is 9.55 Å². The molecule has 3 aromatic rings. The fraction of sp³-hybridized carbons (Fsp3) is 0.176. The molecule has 0 unspecified atom stereocenters. The number of nitrogens with zero attached hydrogens (tertiary/aromatic N) is 2. The zero-order valence-electron chi connectivity index (χ0n) is 13.2. The van der Waals surface area contributed by atoms with E-state index in [9.17, 15) is 9.18 Å². The maximum absolute atomic E-state index is 14.0. The number of hydrogen-bond donors (Lipinski definition) is 1. The molecule has 5 nitrogen and oxygen atoms in total. The van der Waals surface area contributed by atoms with Crippen LogP contribution in [0.25, 0.3) is 5.13 Å². The molecule has 0 aliphatic heterocycles. The van der Waals surface area contributed by atoms with Crippen LogP contribution in [-0.2, 0) is 6.42 Å². The minimum Gasteiger partial charge on any atom is -0.497 e. The maximum atomic E-state index is 14.0. The van der Waals surface area contributed by atoms with Gasteiger partial charge in [0.1, 0.15) is 16.4 Å². The standard InChI is InChI=1S/C17H16FN3O2S/c1-3-13-15(24-17(20-13)21-8-4-5-9-21)16(22)19-14-7-6-11(23-2)10-12(14)18/h4-10H,3H2,1-2H3,(H,19,22). The number of nitrogens with one attached hydrogen (secondary N) is 1. The van der Waals surface area contributed by atoms with Crippen molar-refractivity contribution in [1.29, 1.82) is 0 Å². The van der Waals surface area contributed by atoms with Gasteiger partial charge in [0.15, 0.2) is 5.13 Å². The van der Waals surface area contributed by atoms with Crippen molar-refractivity contribution in [2.75, 3.05) is 12.4 Å². The molecule has 3 rings (SSSR count). The number of rotatable bonds is 5. The number of carbonyl (C=O) groups is 1. The van der Waals surface area contributed by atoms with Gasteiger partial charge in [-0.2, -0.15) is 0 Å². The highest BCUT2D eigenvalue weighted by atomic mass is 32.1. The fourth-order valence-electron chi connectivity index (χ4n) is 2.23. The maximum Gasteiger partial charge on any atom is 0.267 e. The Morgan fingerprint density at radius 1 is 1.38 bits per heavy atom. The van der Waals surface area contributed by atoms with E-state index in [-0.39, 0.29) is 11.6 Å². The Morgan fingerprint density at radius 3 is 2.75 bits per heavy atom. The van der Waals surface area contributed by atoms with Crippen molar-refractivity contribution in [3.8, 4) is 10.9 Å². The van der Waals surface area contributed by atoms with Crippen LogP contribution in [0, 0.1) is 5.82 Å². The number of thiazole rings is 1. The van der Waals surface area contributed by atoms with Crippen molar-refractivity contribution in [3.63, 3.8) is 0 Å². The summed E-state index contributed by atoms with van der Waals surface area (Å²) >= 11 is 1.28. The molecule has 24 heavy (non-hydrogen) atoms. The van der Waals surface area contributed by atoms with Crippen LogP contribution < -0.4 is 10.1 Å². The van der Waals surface area contributed by atoms with Crippen molar-refractivity contribution in [2.45, 2.75) is 13.3 Å². The predicted octanol–water partition coefficient (Wildman–Crippen LogP) is 3.90. The second-order valence-electron chi connectivity index (χ2n) is 5.02. The van der Waals surface area contributed by atoms with E-state index in [0.29, 0.717) is 27.9 Å². The number of methoxy groups -OCH3 is 1. The molecule has 1 aromatic carbocycles. The van der Waals surface area contributed by atoms with Crippen LogP contribution in [0.5, 0.6) is 5.75 Å². The molecule has 1 amide bonds. The Hall–Kier alpha value is -2.67. The predicted molar refractivity (Wildman–Crippen MR) is 91.7 cm³/mol. The lowest BCUT2D eigenvalue weighted by Crippen LogP contribution is -2.13. The Kier molecular flexibility index (Phi) is 4.61. The first-order chi connectivity index (χ1) is 11.6. The number of benzene rings is 1. The molecule has 0 aliphatic rings. The summed E-state index contributed by atoms with van der Waals surface area (Å²) in [7, 11) is 1.46. The van der Waals surface area contributed by atoms with Crippen molar-refractivity contribution >= 4 is 22.9 Å². The molecule has 1 N–H and O–H groups in total. The third-order valence-electron chi connectivity index (χ3n) is 3.48. The third-order valence-corrected chi connectivity index (χ3v) is 4.59. The first-order valence-corrected chi connectivity index (χ1v) is 8.22. The molecule has 0 saturated heterocycles. The van der Waals surface area contributed by atoms with Crippen LogP contribution in [-0.4, -0.2) is 22.6 Å². The summed E-state index contributed by atoms with van der Waals surface area (Å²) in [4.78, 5) is 17.5. The van der Waals surface area contributed by atoms with E-state index in [4.69, 9.17) is 4.74 Å². The van der Waals surface area contributed by atoms with Crippen LogP contribution >= 0.6 is 11.3 Å². The zero-order valence-corrected chi connectivity index (χ0v) is 14.1. The topological polar surface area (TPSA) is 56.2 Å².